The van der Waals surface area contributed by atoms with Crippen molar-refractivity contribution in [2.75, 3.05) is 0 Å². The number of benzene rings is 7. The Labute approximate surface area is 293 Å². The number of rotatable bonds is 3. The Morgan fingerprint density at radius 3 is 1.69 bits per heavy atom. The van der Waals surface area contributed by atoms with Crippen LogP contribution in [0.15, 0.2) is 168 Å². The number of hydrogen-bond acceptors (Lipinski definition) is 5. The molecule has 0 unspecified atom stereocenters. The van der Waals surface area contributed by atoms with Crippen molar-refractivity contribution in [3.63, 3.8) is 0 Å². The Hall–Kier alpha value is -6.85. The first-order valence-corrected chi connectivity index (χ1v) is 17.1. The van der Waals surface area contributed by atoms with Crippen molar-refractivity contribution in [2.45, 2.75) is 5.41 Å². The summed E-state index contributed by atoms with van der Waals surface area (Å²) >= 11 is 0. The minimum atomic E-state index is -0.530. The standard InChI is InChI=1S/C46H27N3O2/c1-2-12-28(13-3-1)43-47-44(29-22-24-34-33-16-6-10-20-39(33)50-41(34)26-29)49-45(48-43)30-23-25-38-42(27-30)51-40-21-11-9-19-37(40)46(38)35-17-7-4-14-31(35)32-15-5-8-18-36(32)46/h1-27H. The smallest absolute Gasteiger partial charge is 0.164 e. The maximum Gasteiger partial charge on any atom is 0.164 e. The van der Waals surface area contributed by atoms with Gasteiger partial charge in [0.15, 0.2) is 17.5 Å². The molecule has 1 spiro atoms. The van der Waals surface area contributed by atoms with E-state index < -0.39 is 5.41 Å². The van der Waals surface area contributed by atoms with E-state index >= 15 is 0 Å². The fourth-order valence-corrected chi connectivity index (χ4v) is 8.22. The molecule has 238 valence electrons. The molecular weight excluding hydrogens is 627 g/mol. The molecule has 0 atom stereocenters. The summed E-state index contributed by atoms with van der Waals surface area (Å²) in [4.78, 5) is 15.1. The first-order valence-electron chi connectivity index (χ1n) is 17.1. The molecule has 1 aliphatic carbocycles. The Bertz CT molecular complexity index is 2810. The van der Waals surface area contributed by atoms with Crippen molar-refractivity contribution in [2.24, 2.45) is 0 Å². The first kappa shape index (κ1) is 28.0. The average Bonchev–Trinajstić information content (AvgIpc) is 3.72. The number of fused-ring (bicyclic) bond motifs is 12. The van der Waals surface area contributed by atoms with Crippen LogP contribution in [0.1, 0.15) is 22.3 Å². The molecular formula is C46H27N3O2. The summed E-state index contributed by atoms with van der Waals surface area (Å²) in [7, 11) is 0. The van der Waals surface area contributed by atoms with Crippen LogP contribution in [0.25, 0.3) is 67.2 Å². The zero-order chi connectivity index (χ0) is 33.5. The van der Waals surface area contributed by atoms with Crippen LogP contribution in [0.3, 0.4) is 0 Å². The Morgan fingerprint density at radius 2 is 0.922 bits per heavy atom. The summed E-state index contributed by atoms with van der Waals surface area (Å²) in [5.41, 5.74) is 10.9. The molecule has 0 amide bonds. The predicted molar refractivity (Wildman–Crippen MR) is 201 cm³/mol. The molecule has 11 rings (SSSR count). The van der Waals surface area contributed by atoms with E-state index in [9.17, 15) is 0 Å². The molecule has 0 saturated carbocycles. The van der Waals surface area contributed by atoms with Gasteiger partial charge in [-0.25, -0.2) is 15.0 Å². The average molecular weight is 654 g/mol. The summed E-state index contributed by atoms with van der Waals surface area (Å²) < 4.78 is 13.0. The molecule has 7 aromatic carbocycles. The van der Waals surface area contributed by atoms with Crippen molar-refractivity contribution in [1.82, 2.24) is 15.0 Å². The Kier molecular flexibility index (Phi) is 5.81. The third-order valence-electron chi connectivity index (χ3n) is 10.4. The Morgan fingerprint density at radius 1 is 0.373 bits per heavy atom. The van der Waals surface area contributed by atoms with E-state index in [2.05, 4.69) is 103 Å². The lowest BCUT2D eigenvalue weighted by Crippen LogP contribution is -2.32. The Balaban J connectivity index is 1.12. The lowest BCUT2D eigenvalue weighted by Gasteiger charge is -2.39. The molecule has 0 bridgehead atoms. The van der Waals surface area contributed by atoms with Crippen molar-refractivity contribution < 1.29 is 9.15 Å². The monoisotopic (exact) mass is 653 g/mol. The number of nitrogens with zero attached hydrogens (tertiary/aromatic N) is 3. The molecule has 1 aliphatic heterocycles. The summed E-state index contributed by atoms with van der Waals surface area (Å²) in [5, 5.41) is 2.14. The highest BCUT2D eigenvalue weighted by molar-refractivity contribution is 6.05. The molecule has 51 heavy (non-hydrogen) atoms. The van der Waals surface area contributed by atoms with Gasteiger partial charge in [-0.15, -0.1) is 0 Å². The largest absolute Gasteiger partial charge is 0.457 e. The number of para-hydroxylation sites is 2. The van der Waals surface area contributed by atoms with E-state index in [1.54, 1.807) is 0 Å². The van der Waals surface area contributed by atoms with E-state index in [0.29, 0.717) is 17.5 Å². The van der Waals surface area contributed by atoms with Gasteiger partial charge in [-0.1, -0.05) is 133 Å². The van der Waals surface area contributed by atoms with Crippen molar-refractivity contribution in [3.8, 4) is 56.8 Å². The van der Waals surface area contributed by atoms with Gasteiger partial charge in [-0.2, -0.15) is 0 Å². The SMILES string of the molecule is c1ccc(-c2nc(-c3ccc4c(c3)Oc3ccccc3C43c4ccccc4-c4ccccc43)nc(-c3ccc4c(c3)oc3ccccc34)n2)cc1. The summed E-state index contributed by atoms with van der Waals surface area (Å²) in [6.45, 7) is 0. The summed E-state index contributed by atoms with van der Waals surface area (Å²) in [6.07, 6.45) is 0. The van der Waals surface area contributed by atoms with Gasteiger partial charge in [0.2, 0.25) is 0 Å². The molecule has 5 heteroatoms. The summed E-state index contributed by atoms with van der Waals surface area (Å²) in [6, 6.07) is 56.6. The van der Waals surface area contributed by atoms with Crippen LogP contribution in [0.2, 0.25) is 0 Å². The van der Waals surface area contributed by atoms with Crippen LogP contribution >= 0.6 is 0 Å². The zero-order valence-corrected chi connectivity index (χ0v) is 27.2. The van der Waals surface area contributed by atoms with Crippen molar-refractivity contribution >= 4 is 21.9 Å². The van der Waals surface area contributed by atoms with Crippen LogP contribution in [-0.4, -0.2) is 15.0 Å². The fraction of sp³-hybridized carbons (Fsp3) is 0.0217. The highest BCUT2D eigenvalue weighted by Crippen LogP contribution is 2.62. The quantitative estimate of drug-likeness (QED) is 0.190. The van der Waals surface area contributed by atoms with Crippen molar-refractivity contribution in [1.29, 1.82) is 0 Å². The molecule has 0 N–H and O–H groups in total. The van der Waals surface area contributed by atoms with Gasteiger partial charge in [-0.3, -0.25) is 0 Å². The van der Waals surface area contributed by atoms with Gasteiger partial charge in [0, 0.05) is 38.6 Å². The first-order chi connectivity index (χ1) is 25.3. The van der Waals surface area contributed by atoms with E-state index in [1.807, 2.05) is 60.7 Å². The molecule has 9 aromatic rings. The van der Waals surface area contributed by atoms with Crippen LogP contribution < -0.4 is 4.74 Å². The second kappa shape index (κ2) is 10.6. The normalized spacial score (nSPS) is 13.4. The minimum Gasteiger partial charge on any atom is -0.457 e. The van der Waals surface area contributed by atoms with Gasteiger partial charge in [-0.05, 0) is 52.6 Å². The third kappa shape index (κ3) is 4.00. The molecule has 2 aliphatic rings. The molecule has 0 fully saturated rings. The molecule has 0 radical (unpaired) electrons. The van der Waals surface area contributed by atoms with E-state index in [-0.39, 0.29) is 0 Å². The van der Waals surface area contributed by atoms with Crippen LogP contribution in [0, 0.1) is 0 Å². The van der Waals surface area contributed by atoms with Crippen molar-refractivity contribution in [3.05, 3.63) is 186 Å². The minimum absolute atomic E-state index is 0.530. The van der Waals surface area contributed by atoms with E-state index in [0.717, 1.165) is 61.3 Å². The second-order valence-corrected chi connectivity index (χ2v) is 13.1. The second-order valence-electron chi connectivity index (χ2n) is 13.1. The predicted octanol–water partition coefficient (Wildman–Crippen LogP) is 11.2. The van der Waals surface area contributed by atoms with Gasteiger partial charge in [0.1, 0.15) is 22.7 Å². The lowest BCUT2D eigenvalue weighted by molar-refractivity contribution is 0.436. The summed E-state index contributed by atoms with van der Waals surface area (Å²) in [5.74, 6) is 3.36. The molecule has 0 saturated heterocycles. The molecule has 5 nitrogen and oxygen atoms in total. The van der Waals surface area contributed by atoms with Gasteiger partial charge in [0.05, 0.1) is 5.41 Å². The third-order valence-corrected chi connectivity index (χ3v) is 10.4. The highest BCUT2D eigenvalue weighted by Gasteiger charge is 2.50. The highest BCUT2D eigenvalue weighted by atomic mass is 16.5. The number of furan rings is 1. The van der Waals surface area contributed by atoms with E-state index in [4.69, 9.17) is 24.1 Å². The number of ether oxygens (including phenoxy) is 1. The van der Waals surface area contributed by atoms with Gasteiger partial charge >= 0.3 is 0 Å². The van der Waals surface area contributed by atoms with Crippen LogP contribution in [0.4, 0.5) is 0 Å². The fourth-order valence-electron chi connectivity index (χ4n) is 8.22. The van der Waals surface area contributed by atoms with Gasteiger partial charge < -0.3 is 9.15 Å². The van der Waals surface area contributed by atoms with E-state index in [1.165, 1.54) is 22.3 Å². The maximum absolute atomic E-state index is 6.78. The molecule has 2 aromatic heterocycles. The zero-order valence-electron chi connectivity index (χ0n) is 27.2. The molecule has 3 heterocycles. The maximum atomic E-state index is 6.78. The number of hydrogen-bond donors (Lipinski definition) is 0. The topological polar surface area (TPSA) is 61.0 Å². The van der Waals surface area contributed by atoms with Gasteiger partial charge in [0.25, 0.3) is 0 Å². The van der Waals surface area contributed by atoms with Crippen LogP contribution in [-0.2, 0) is 5.41 Å². The lowest BCUT2D eigenvalue weighted by atomic mass is 9.66. The van der Waals surface area contributed by atoms with Crippen LogP contribution in [0.5, 0.6) is 11.5 Å². The number of aromatic nitrogens is 3.